The van der Waals surface area contributed by atoms with Gasteiger partial charge in [-0.3, -0.25) is 4.79 Å². The van der Waals surface area contributed by atoms with Gasteiger partial charge in [0.15, 0.2) is 11.6 Å². The van der Waals surface area contributed by atoms with E-state index in [1.807, 2.05) is 47.3 Å². The van der Waals surface area contributed by atoms with Crippen LogP contribution in [-0.4, -0.2) is 27.2 Å². The van der Waals surface area contributed by atoms with Crippen molar-refractivity contribution in [2.45, 2.75) is 39.7 Å². The molecule has 7 heteroatoms. The van der Waals surface area contributed by atoms with E-state index in [1.165, 1.54) is 0 Å². The van der Waals surface area contributed by atoms with Crippen molar-refractivity contribution in [3.63, 3.8) is 0 Å². The van der Waals surface area contributed by atoms with Crippen molar-refractivity contribution in [3.8, 4) is 17.1 Å². The standard InChI is InChI=1S/C23H24N4O2S/c1-4-29-15-9-7-14(8-10-15)21-25-22-24-16-12-23(2,3)13-17(28)19(16)20(27(22)26-21)18-6-5-11-30-18/h5-11,20H,4,12-13H2,1-3H3,(H,24,25,26). The number of nitrogens with one attached hydrogen (secondary N) is 1. The van der Waals surface area contributed by atoms with E-state index in [0.717, 1.165) is 33.9 Å². The number of ether oxygens (including phenoxy) is 1. The summed E-state index contributed by atoms with van der Waals surface area (Å²) in [6.45, 7) is 6.87. The highest BCUT2D eigenvalue weighted by atomic mass is 32.1. The van der Waals surface area contributed by atoms with E-state index < -0.39 is 0 Å². The second-order valence-corrected chi connectivity index (χ2v) is 9.52. The average molecular weight is 421 g/mol. The molecule has 1 aliphatic heterocycles. The minimum Gasteiger partial charge on any atom is -0.494 e. The van der Waals surface area contributed by atoms with Crippen molar-refractivity contribution in [1.82, 2.24) is 14.8 Å². The predicted molar refractivity (Wildman–Crippen MR) is 118 cm³/mol. The Bertz CT molecular complexity index is 1130. The maximum absolute atomic E-state index is 13.2. The molecule has 0 saturated heterocycles. The quantitative estimate of drug-likeness (QED) is 0.639. The number of Topliss-reactive ketones (excluding diaryl/α,β-unsaturated/α-hetero) is 1. The number of benzene rings is 1. The first-order valence-corrected chi connectivity index (χ1v) is 11.1. The number of carbonyl (C=O) groups is 1. The summed E-state index contributed by atoms with van der Waals surface area (Å²) in [6, 6.07) is 11.6. The predicted octanol–water partition coefficient (Wildman–Crippen LogP) is 5.06. The summed E-state index contributed by atoms with van der Waals surface area (Å²) in [4.78, 5) is 19.0. The molecule has 0 saturated carbocycles. The van der Waals surface area contributed by atoms with E-state index in [0.29, 0.717) is 24.8 Å². The number of hydrogen-bond donors (Lipinski definition) is 1. The summed E-state index contributed by atoms with van der Waals surface area (Å²) in [5.41, 5.74) is 2.65. The summed E-state index contributed by atoms with van der Waals surface area (Å²) >= 11 is 1.64. The second-order valence-electron chi connectivity index (χ2n) is 8.54. The lowest BCUT2D eigenvalue weighted by Crippen LogP contribution is -2.36. The average Bonchev–Trinajstić information content (AvgIpc) is 3.36. The number of carbonyl (C=O) groups excluding carboxylic acids is 1. The molecule has 2 aromatic heterocycles. The van der Waals surface area contributed by atoms with Crippen LogP contribution < -0.4 is 10.1 Å². The van der Waals surface area contributed by atoms with Gasteiger partial charge in [0, 0.05) is 28.1 Å². The topological polar surface area (TPSA) is 69.0 Å². The van der Waals surface area contributed by atoms with Gasteiger partial charge in [-0.25, -0.2) is 4.68 Å². The van der Waals surface area contributed by atoms with Crippen molar-refractivity contribution in [1.29, 1.82) is 0 Å². The molecular formula is C23H24N4O2S. The summed E-state index contributed by atoms with van der Waals surface area (Å²) in [5.74, 6) is 2.33. The van der Waals surface area contributed by atoms with Crippen molar-refractivity contribution in [2.75, 3.05) is 11.9 Å². The first-order chi connectivity index (χ1) is 14.4. The van der Waals surface area contributed by atoms with Crippen molar-refractivity contribution >= 4 is 23.1 Å². The molecule has 1 N–H and O–H groups in total. The highest BCUT2D eigenvalue weighted by Crippen LogP contribution is 2.46. The Labute approximate surface area is 179 Å². The number of hydrogen-bond acceptors (Lipinski definition) is 6. The Morgan fingerprint density at radius 2 is 2.03 bits per heavy atom. The maximum Gasteiger partial charge on any atom is 0.226 e. The number of allylic oxidation sites excluding steroid dienone is 2. The van der Waals surface area contributed by atoms with E-state index in [9.17, 15) is 4.79 Å². The zero-order valence-electron chi connectivity index (χ0n) is 17.3. The summed E-state index contributed by atoms with van der Waals surface area (Å²) in [5, 5.41) is 10.3. The van der Waals surface area contributed by atoms with Crippen LogP contribution in [0.4, 0.5) is 5.95 Å². The van der Waals surface area contributed by atoms with E-state index >= 15 is 0 Å². The smallest absolute Gasteiger partial charge is 0.226 e. The molecule has 3 heterocycles. The van der Waals surface area contributed by atoms with Gasteiger partial charge in [-0.1, -0.05) is 19.9 Å². The lowest BCUT2D eigenvalue weighted by atomic mass is 9.73. The maximum atomic E-state index is 13.2. The van der Waals surface area contributed by atoms with Gasteiger partial charge in [-0.2, -0.15) is 4.98 Å². The molecule has 154 valence electrons. The van der Waals surface area contributed by atoms with Gasteiger partial charge in [0.25, 0.3) is 0 Å². The summed E-state index contributed by atoms with van der Waals surface area (Å²) in [7, 11) is 0. The van der Waals surface area contributed by atoms with Crippen LogP contribution in [0.2, 0.25) is 0 Å². The molecule has 3 aromatic rings. The number of thiophene rings is 1. The Morgan fingerprint density at radius 1 is 1.23 bits per heavy atom. The lowest BCUT2D eigenvalue weighted by molar-refractivity contribution is -0.118. The number of fused-ring (bicyclic) bond motifs is 1. The second kappa shape index (κ2) is 7.09. The fourth-order valence-electron chi connectivity index (χ4n) is 4.31. The number of aromatic nitrogens is 3. The molecule has 2 aliphatic rings. The van der Waals surface area contributed by atoms with Gasteiger partial charge in [-0.05, 0) is 54.5 Å². The van der Waals surface area contributed by atoms with Crippen LogP contribution in [0.5, 0.6) is 5.75 Å². The molecule has 0 fully saturated rings. The fraction of sp³-hybridized carbons (Fsp3) is 0.348. The Kier molecular flexibility index (Phi) is 4.50. The van der Waals surface area contributed by atoms with Crippen molar-refractivity contribution in [2.24, 2.45) is 5.41 Å². The molecule has 1 atom stereocenters. The number of anilines is 1. The highest BCUT2D eigenvalue weighted by molar-refractivity contribution is 7.10. The number of rotatable bonds is 4. The summed E-state index contributed by atoms with van der Waals surface area (Å²) in [6.07, 6.45) is 1.37. The highest BCUT2D eigenvalue weighted by Gasteiger charge is 2.42. The van der Waals surface area contributed by atoms with Crippen LogP contribution >= 0.6 is 11.3 Å². The van der Waals surface area contributed by atoms with Crippen LogP contribution in [-0.2, 0) is 4.79 Å². The Morgan fingerprint density at radius 3 is 2.73 bits per heavy atom. The first kappa shape index (κ1) is 19.1. The Hall–Kier alpha value is -2.93. The zero-order chi connectivity index (χ0) is 20.9. The lowest BCUT2D eigenvalue weighted by Gasteiger charge is -2.37. The molecule has 0 radical (unpaired) electrons. The van der Waals surface area contributed by atoms with Crippen LogP contribution in [0, 0.1) is 5.41 Å². The minimum atomic E-state index is -0.233. The fourth-order valence-corrected chi connectivity index (χ4v) is 5.13. The largest absolute Gasteiger partial charge is 0.494 e. The number of nitrogens with zero attached hydrogens (tertiary/aromatic N) is 3. The third kappa shape index (κ3) is 3.23. The van der Waals surface area contributed by atoms with Gasteiger partial charge in [-0.15, -0.1) is 16.4 Å². The van der Waals surface area contributed by atoms with Crippen LogP contribution in [0.3, 0.4) is 0 Å². The molecule has 0 amide bonds. The third-order valence-electron chi connectivity index (χ3n) is 5.57. The van der Waals surface area contributed by atoms with Gasteiger partial charge in [0.05, 0.1) is 6.61 Å². The normalized spacial score (nSPS) is 19.8. The van der Waals surface area contributed by atoms with E-state index in [2.05, 4.69) is 25.2 Å². The van der Waals surface area contributed by atoms with Crippen LogP contribution in [0.1, 0.15) is 44.5 Å². The summed E-state index contributed by atoms with van der Waals surface area (Å²) < 4.78 is 7.41. The van der Waals surface area contributed by atoms with Gasteiger partial charge in [0.1, 0.15) is 11.8 Å². The zero-order valence-corrected chi connectivity index (χ0v) is 18.1. The van der Waals surface area contributed by atoms with Gasteiger partial charge < -0.3 is 10.1 Å². The van der Waals surface area contributed by atoms with Gasteiger partial charge in [0.2, 0.25) is 5.95 Å². The monoisotopic (exact) mass is 420 g/mol. The van der Waals surface area contributed by atoms with E-state index in [1.54, 1.807) is 11.3 Å². The Balaban J connectivity index is 1.59. The third-order valence-corrected chi connectivity index (χ3v) is 6.49. The van der Waals surface area contributed by atoms with Crippen LogP contribution in [0.15, 0.2) is 53.0 Å². The van der Waals surface area contributed by atoms with E-state index in [4.69, 9.17) is 14.8 Å². The van der Waals surface area contributed by atoms with Crippen molar-refractivity contribution in [3.05, 3.63) is 57.9 Å². The van der Waals surface area contributed by atoms with Crippen LogP contribution in [0.25, 0.3) is 11.4 Å². The number of ketones is 1. The molecule has 30 heavy (non-hydrogen) atoms. The molecule has 6 nitrogen and oxygen atoms in total. The van der Waals surface area contributed by atoms with Crippen molar-refractivity contribution < 1.29 is 9.53 Å². The molecule has 5 rings (SSSR count). The first-order valence-electron chi connectivity index (χ1n) is 10.2. The molecule has 1 aliphatic carbocycles. The molecule has 0 bridgehead atoms. The minimum absolute atomic E-state index is 0.0664. The van der Waals surface area contributed by atoms with Gasteiger partial charge >= 0.3 is 0 Å². The molecule has 1 aromatic carbocycles. The molecule has 0 spiro atoms. The molecule has 1 unspecified atom stereocenters. The van der Waals surface area contributed by atoms with E-state index in [-0.39, 0.29) is 17.2 Å². The molecular weight excluding hydrogens is 396 g/mol. The SMILES string of the molecule is CCOc1ccc(-c2nc3n(n2)C(c2cccs2)C2=C(CC(C)(C)CC2=O)N3)cc1.